The van der Waals surface area contributed by atoms with Crippen molar-refractivity contribution in [3.05, 3.63) is 11.8 Å². The molecule has 0 amide bonds. The average molecular weight is 182 g/mol. The largest absolute Gasteiger partial charge is 0.498 e. The summed E-state index contributed by atoms with van der Waals surface area (Å²) in [7, 11) is 0. The Hall–Kier alpha value is -0.670. The van der Waals surface area contributed by atoms with Gasteiger partial charge in [-0.2, -0.15) is 13.2 Å². The minimum Gasteiger partial charge on any atom is -0.498 e. The minimum atomic E-state index is -4.21. The van der Waals surface area contributed by atoms with E-state index in [1.807, 2.05) is 0 Å². The molecule has 0 bridgehead atoms. The minimum absolute atomic E-state index is 0.00926. The molecular formula is C8H13F3O. The third-order valence-electron chi connectivity index (χ3n) is 1.51. The van der Waals surface area contributed by atoms with Crippen molar-refractivity contribution < 1.29 is 17.9 Å². The van der Waals surface area contributed by atoms with Crippen molar-refractivity contribution in [2.24, 2.45) is 5.92 Å². The third-order valence-corrected chi connectivity index (χ3v) is 1.51. The van der Waals surface area contributed by atoms with Crippen LogP contribution in [0.1, 0.15) is 20.8 Å². The first-order chi connectivity index (χ1) is 5.43. The molecule has 0 radical (unpaired) electrons. The van der Waals surface area contributed by atoms with Crippen molar-refractivity contribution in [2.45, 2.75) is 26.9 Å². The van der Waals surface area contributed by atoms with E-state index in [4.69, 9.17) is 4.74 Å². The average Bonchev–Trinajstić information content (AvgIpc) is 1.97. The number of rotatable bonds is 3. The summed E-state index contributed by atoms with van der Waals surface area (Å²) in [5.41, 5.74) is 0. The molecule has 0 heterocycles. The summed E-state index contributed by atoms with van der Waals surface area (Å²) in [6.45, 7) is 4.55. The van der Waals surface area contributed by atoms with Gasteiger partial charge in [-0.15, -0.1) is 0 Å². The first-order valence-corrected chi connectivity index (χ1v) is 3.79. The highest BCUT2D eigenvalue weighted by Gasteiger charge is 2.39. The Kier molecular flexibility index (Phi) is 4.13. The van der Waals surface area contributed by atoms with Crippen LogP contribution >= 0.6 is 0 Å². The number of hydrogen-bond acceptors (Lipinski definition) is 1. The summed E-state index contributed by atoms with van der Waals surface area (Å²) in [4.78, 5) is 0. The van der Waals surface area contributed by atoms with Crippen LogP contribution in [-0.2, 0) is 4.74 Å². The third kappa shape index (κ3) is 3.15. The molecule has 72 valence electrons. The van der Waals surface area contributed by atoms with Gasteiger partial charge < -0.3 is 4.74 Å². The molecule has 1 unspecified atom stereocenters. The summed E-state index contributed by atoms with van der Waals surface area (Å²) >= 11 is 0. The lowest BCUT2D eigenvalue weighted by atomic mass is 10.1. The number of ether oxygens (including phenoxy) is 1. The highest BCUT2D eigenvalue weighted by molar-refractivity contribution is 4.98. The Labute approximate surface area is 70.2 Å². The molecule has 0 spiro atoms. The fraction of sp³-hybridized carbons (Fsp3) is 0.750. The monoisotopic (exact) mass is 182 g/mol. The van der Waals surface area contributed by atoms with E-state index in [-0.39, 0.29) is 12.4 Å². The fourth-order valence-electron chi connectivity index (χ4n) is 0.786. The van der Waals surface area contributed by atoms with Gasteiger partial charge in [0.25, 0.3) is 0 Å². The maximum atomic E-state index is 12.1. The molecule has 0 rings (SSSR count). The van der Waals surface area contributed by atoms with Crippen LogP contribution in [-0.4, -0.2) is 12.8 Å². The van der Waals surface area contributed by atoms with Crippen LogP contribution in [0.2, 0.25) is 0 Å². The zero-order valence-corrected chi connectivity index (χ0v) is 7.40. The molecule has 0 saturated carbocycles. The van der Waals surface area contributed by atoms with Crippen molar-refractivity contribution in [1.82, 2.24) is 0 Å². The van der Waals surface area contributed by atoms with Crippen LogP contribution in [0.25, 0.3) is 0 Å². The van der Waals surface area contributed by atoms with Gasteiger partial charge in [0.1, 0.15) is 11.7 Å². The molecule has 0 N–H and O–H groups in total. The Morgan fingerprint density at radius 2 is 2.00 bits per heavy atom. The Bertz CT molecular complexity index is 160. The zero-order valence-electron chi connectivity index (χ0n) is 7.40. The van der Waals surface area contributed by atoms with E-state index >= 15 is 0 Å². The summed E-state index contributed by atoms with van der Waals surface area (Å²) < 4.78 is 41.1. The van der Waals surface area contributed by atoms with Crippen molar-refractivity contribution >= 4 is 0 Å². The molecule has 0 aliphatic heterocycles. The van der Waals surface area contributed by atoms with E-state index in [1.165, 1.54) is 13.0 Å². The van der Waals surface area contributed by atoms with Gasteiger partial charge >= 0.3 is 6.18 Å². The Morgan fingerprint density at radius 1 is 1.50 bits per heavy atom. The second kappa shape index (κ2) is 4.38. The van der Waals surface area contributed by atoms with E-state index in [0.717, 1.165) is 6.92 Å². The first-order valence-electron chi connectivity index (χ1n) is 3.79. The lowest BCUT2D eigenvalue weighted by molar-refractivity contribution is -0.168. The molecule has 12 heavy (non-hydrogen) atoms. The number of hydrogen-bond donors (Lipinski definition) is 0. The van der Waals surface area contributed by atoms with E-state index in [2.05, 4.69) is 0 Å². The summed E-state index contributed by atoms with van der Waals surface area (Å²) in [5.74, 6) is -1.52. The lowest BCUT2D eigenvalue weighted by Crippen LogP contribution is -2.23. The van der Waals surface area contributed by atoms with Crippen LogP contribution in [0.5, 0.6) is 0 Å². The van der Waals surface area contributed by atoms with Crippen molar-refractivity contribution in [1.29, 1.82) is 0 Å². The smallest absolute Gasteiger partial charge is 0.398 e. The van der Waals surface area contributed by atoms with Gasteiger partial charge in [-0.3, -0.25) is 0 Å². The molecule has 0 aromatic carbocycles. The molecule has 0 aromatic heterocycles. The number of allylic oxidation sites excluding steroid dienone is 2. The Balaban J connectivity index is 4.33. The zero-order chi connectivity index (χ0) is 9.78. The molecule has 0 saturated heterocycles. The number of alkyl halides is 3. The van der Waals surface area contributed by atoms with Gasteiger partial charge in [0.2, 0.25) is 0 Å². The summed E-state index contributed by atoms with van der Waals surface area (Å²) in [5, 5.41) is 0. The molecule has 0 aliphatic rings. The summed E-state index contributed by atoms with van der Waals surface area (Å²) in [6, 6.07) is 0. The van der Waals surface area contributed by atoms with E-state index in [9.17, 15) is 13.2 Å². The predicted molar refractivity (Wildman–Crippen MR) is 40.6 cm³/mol. The fourth-order valence-corrected chi connectivity index (χ4v) is 0.786. The SMILES string of the molecule is C/C=C(\OCC)C(C)C(F)(F)F. The standard InChI is InChI=1S/C8H13F3O/c1-4-7(12-5-2)6(3)8(9,10)11/h4,6H,5H2,1-3H3/b7-4-. The van der Waals surface area contributed by atoms with Gasteiger partial charge in [0.15, 0.2) is 0 Å². The van der Waals surface area contributed by atoms with Crippen molar-refractivity contribution in [3.63, 3.8) is 0 Å². The van der Waals surface area contributed by atoms with Crippen LogP contribution in [0.3, 0.4) is 0 Å². The van der Waals surface area contributed by atoms with Crippen molar-refractivity contribution in [2.75, 3.05) is 6.61 Å². The molecule has 4 heteroatoms. The quantitative estimate of drug-likeness (QED) is 0.609. The first kappa shape index (κ1) is 11.3. The highest BCUT2D eigenvalue weighted by Crippen LogP contribution is 2.31. The topological polar surface area (TPSA) is 9.23 Å². The normalized spacial score (nSPS) is 16.0. The molecule has 1 nitrogen and oxygen atoms in total. The maximum Gasteiger partial charge on any atom is 0.398 e. The molecular weight excluding hydrogens is 169 g/mol. The van der Waals surface area contributed by atoms with Gasteiger partial charge in [0.05, 0.1) is 6.61 Å². The van der Waals surface area contributed by atoms with Gasteiger partial charge in [-0.25, -0.2) is 0 Å². The van der Waals surface area contributed by atoms with E-state index in [0.29, 0.717) is 0 Å². The van der Waals surface area contributed by atoms with E-state index < -0.39 is 12.1 Å². The van der Waals surface area contributed by atoms with Gasteiger partial charge in [0, 0.05) is 0 Å². The van der Waals surface area contributed by atoms with Gasteiger partial charge in [-0.1, -0.05) is 0 Å². The van der Waals surface area contributed by atoms with Gasteiger partial charge in [-0.05, 0) is 26.8 Å². The van der Waals surface area contributed by atoms with Crippen molar-refractivity contribution in [3.8, 4) is 0 Å². The predicted octanol–water partition coefficient (Wildman–Crippen LogP) is 3.13. The van der Waals surface area contributed by atoms with Crippen LogP contribution in [0.4, 0.5) is 13.2 Å². The van der Waals surface area contributed by atoms with E-state index in [1.54, 1.807) is 6.92 Å². The molecule has 0 fully saturated rings. The second-order valence-corrected chi connectivity index (χ2v) is 2.39. The van der Waals surface area contributed by atoms with Crippen LogP contribution < -0.4 is 0 Å². The van der Waals surface area contributed by atoms with Crippen LogP contribution in [0.15, 0.2) is 11.8 Å². The summed E-state index contributed by atoms with van der Waals surface area (Å²) in [6.07, 6.45) is -2.86. The Morgan fingerprint density at radius 3 is 2.25 bits per heavy atom. The molecule has 1 atom stereocenters. The lowest BCUT2D eigenvalue weighted by Gasteiger charge is -2.18. The molecule has 0 aliphatic carbocycles. The highest BCUT2D eigenvalue weighted by atomic mass is 19.4. The maximum absolute atomic E-state index is 12.1. The molecule has 0 aromatic rings. The second-order valence-electron chi connectivity index (χ2n) is 2.39. The number of halogens is 3. The van der Waals surface area contributed by atoms with Crippen LogP contribution in [0, 0.1) is 5.92 Å².